The maximum atomic E-state index is 12.0. The Morgan fingerprint density at radius 2 is 1.73 bits per heavy atom. The van der Waals surface area contributed by atoms with E-state index in [0.717, 1.165) is 11.1 Å². The van der Waals surface area contributed by atoms with Gasteiger partial charge in [-0.25, -0.2) is 5.43 Å². The van der Waals surface area contributed by atoms with Crippen molar-refractivity contribution in [2.45, 2.75) is 13.5 Å². The van der Waals surface area contributed by atoms with Gasteiger partial charge in [-0.3, -0.25) is 9.59 Å². The number of benzene rings is 3. The van der Waals surface area contributed by atoms with Crippen LogP contribution in [-0.2, 0) is 16.2 Å². The van der Waals surface area contributed by atoms with Crippen LogP contribution in [0.15, 0.2) is 65.8 Å². The molecule has 0 saturated heterocycles. The first-order chi connectivity index (χ1) is 15.9. The lowest BCUT2D eigenvalue weighted by Gasteiger charge is -2.12. The lowest BCUT2D eigenvalue weighted by molar-refractivity contribution is -0.136. The molecule has 0 heterocycles. The third-order valence-electron chi connectivity index (χ3n) is 4.48. The van der Waals surface area contributed by atoms with Gasteiger partial charge in [0, 0.05) is 21.3 Å². The number of nitrogens with one attached hydrogen (secondary N) is 2. The number of amides is 2. The molecule has 3 aromatic carbocycles. The van der Waals surface area contributed by atoms with Crippen LogP contribution in [0.5, 0.6) is 11.5 Å². The number of hydrazone groups is 1. The molecule has 0 aliphatic rings. The highest BCUT2D eigenvalue weighted by atomic mass is 35.5. The van der Waals surface area contributed by atoms with E-state index in [1.807, 2.05) is 19.1 Å². The minimum absolute atomic E-state index is 0.228. The second-order valence-electron chi connectivity index (χ2n) is 6.95. The number of nitrogens with zero attached hydrogens (tertiary/aromatic N) is 1. The van der Waals surface area contributed by atoms with Gasteiger partial charge in [0.15, 0.2) is 11.5 Å². The van der Waals surface area contributed by atoms with E-state index >= 15 is 0 Å². The number of methoxy groups -OCH3 is 1. The van der Waals surface area contributed by atoms with Crippen LogP contribution >= 0.6 is 23.2 Å². The smallest absolute Gasteiger partial charge is 0.329 e. The van der Waals surface area contributed by atoms with Crippen LogP contribution in [0.2, 0.25) is 10.0 Å². The summed E-state index contributed by atoms with van der Waals surface area (Å²) >= 11 is 12.1. The van der Waals surface area contributed by atoms with Crippen LogP contribution in [0.4, 0.5) is 5.69 Å². The van der Waals surface area contributed by atoms with Crippen molar-refractivity contribution < 1.29 is 19.1 Å². The second kappa shape index (κ2) is 11.4. The number of ether oxygens (including phenoxy) is 2. The molecule has 0 bridgehead atoms. The summed E-state index contributed by atoms with van der Waals surface area (Å²) in [5.41, 5.74) is 5.16. The van der Waals surface area contributed by atoms with E-state index < -0.39 is 11.8 Å². The molecule has 3 rings (SSSR count). The van der Waals surface area contributed by atoms with Gasteiger partial charge in [0.25, 0.3) is 0 Å². The first kappa shape index (κ1) is 24.1. The van der Waals surface area contributed by atoms with Gasteiger partial charge in [-0.2, -0.15) is 5.10 Å². The van der Waals surface area contributed by atoms with Crippen molar-refractivity contribution >= 4 is 46.9 Å². The van der Waals surface area contributed by atoms with Crippen LogP contribution in [0.25, 0.3) is 0 Å². The van der Waals surface area contributed by atoms with Gasteiger partial charge in [0.1, 0.15) is 6.61 Å². The number of halogens is 2. The number of carbonyl (C=O) groups is 2. The highest BCUT2D eigenvalue weighted by Gasteiger charge is 2.13. The summed E-state index contributed by atoms with van der Waals surface area (Å²) in [6.45, 7) is 2.15. The topological polar surface area (TPSA) is 89.0 Å². The number of hydrogen-bond donors (Lipinski definition) is 2. The van der Waals surface area contributed by atoms with Crippen molar-refractivity contribution in [1.29, 1.82) is 0 Å². The normalized spacial score (nSPS) is 10.7. The van der Waals surface area contributed by atoms with Gasteiger partial charge < -0.3 is 14.8 Å². The van der Waals surface area contributed by atoms with Crippen molar-refractivity contribution in [3.05, 3.63) is 87.4 Å². The van der Waals surface area contributed by atoms with Crippen LogP contribution < -0.4 is 20.2 Å². The first-order valence-electron chi connectivity index (χ1n) is 9.81. The number of rotatable bonds is 7. The fraction of sp³-hybridized carbons (Fsp3) is 0.125. The predicted molar refractivity (Wildman–Crippen MR) is 129 cm³/mol. The molecule has 0 fully saturated rings. The Labute approximate surface area is 201 Å². The lowest BCUT2D eigenvalue weighted by Crippen LogP contribution is -2.32. The fourth-order valence-corrected chi connectivity index (χ4v) is 3.18. The van der Waals surface area contributed by atoms with E-state index in [0.29, 0.717) is 32.8 Å². The summed E-state index contributed by atoms with van der Waals surface area (Å²) in [7, 11) is 1.51. The van der Waals surface area contributed by atoms with Gasteiger partial charge in [-0.05, 0) is 55.0 Å². The third kappa shape index (κ3) is 6.97. The van der Waals surface area contributed by atoms with Crippen molar-refractivity contribution in [3.63, 3.8) is 0 Å². The quantitative estimate of drug-likeness (QED) is 0.280. The van der Waals surface area contributed by atoms with Crippen molar-refractivity contribution in [2.24, 2.45) is 5.10 Å². The summed E-state index contributed by atoms with van der Waals surface area (Å²) in [4.78, 5) is 23.9. The minimum Gasteiger partial charge on any atom is -0.493 e. The third-order valence-corrected chi connectivity index (χ3v) is 5.07. The molecule has 0 saturated carbocycles. The van der Waals surface area contributed by atoms with Crippen LogP contribution in [-0.4, -0.2) is 25.1 Å². The Morgan fingerprint density at radius 1 is 0.970 bits per heavy atom. The Morgan fingerprint density at radius 3 is 2.42 bits per heavy atom. The average Bonchev–Trinajstić information content (AvgIpc) is 2.80. The van der Waals surface area contributed by atoms with E-state index in [1.165, 1.54) is 13.3 Å². The molecule has 0 aliphatic heterocycles. The van der Waals surface area contributed by atoms with Crippen molar-refractivity contribution in [3.8, 4) is 11.5 Å². The highest BCUT2D eigenvalue weighted by Crippen LogP contribution is 2.29. The van der Waals surface area contributed by atoms with Gasteiger partial charge in [-0.1, -0.05) is 47.0 Å². The molecule has 9 heteroatoms. The zero-order valence-electron chi connectivity index (χ0n) is 17.9. The molecule has 33 heavy (non-hydrogen) atoms. The number of anilines is 1. The molecule has 0 atom stereocenters. The number of carbonyl (C=O) groups excluding carboxylic acids is 2. The van der Waals surface area contributed by atoms with Gasteiger partial charge >= 0.3 is 11.8 Å². The minimum atomic E-state index is -0.890. The van der Waals surface area contributed by atoms with Crippen molar-refractivity contribution in [2.75, 3.05) is 12.4 Å². The zero-order valence-corrected chi connectivity index (χ0v) is 19.4. The van der Waals surface area contributed by atoms with Crippen LogP contribution in [0.3, 0.4) is 0 Å². The summed E-state index contributed by atoms with van der Waals surface area (Å²) in [6.07, 6.45) is 1.39. The largest absolute Gasteiger partial charge is 0.493 e. The van der Waals surface area contributed by atoms with Crippen LogP contribution in [0.1, 0.15) is 16.7 Å². The molecule has 0 aromatic heterocycles. The van der Waals surface area contributed by atoms with E-state index in [2.05, 4.69) is 15.8 Å². The molecule has 2 N–H and O–H groups in total. The van der Waals surface area contributed by atoms with E-state index in [9.17, 15) is 9.59 Å². The SMILES string of the molecule is COc1cc(/C=N\NC(=O)C(=O)Nc2ccc(C)cc2)ccc1OCc1ccc(Cl)cc1Cl. The highest BCUT2D eigenvalue weighted by molar-refractivity contribution is 6.39. The Kier molecular flexibility index (Phi) is 8.29. The van der Waals surface area contributed by atoms with E-state index in [1.54, 1.807) is 48.5 Å². The number of hydrogen-bond acceptors (Lipinski definition) is 5. The molecular weight excluding hydrogens is 465 g/mol. The second-order valence-corrected chi connectivity index (χ2v) is 7.80. The maximum absolute atomic E-state index is 12.0. The van der Waals surface area contributed by atoms with E-state index in [-0.39, 0.29) is 6.61 Å². The molecule has 0 aliphatic carbocycles. The maximum Gasteiger partial charge on any atom is 0.329 e. The average molecular weight is 486 g/mol. The van der Waals surface area contributed by atoms with Crippen LogP contribution in [0, 0.1) is 6.92 Å². The molecule has 2 amide bonds. The monoisotopic (exact) mass is 485 g/mol. The molecule has 0 unspecified atom stereocenters. The standard InChI is InChI=1S/C24H21Cl2N3O4/c1-15-3-8-19(9-4-15)28-23(30)24(31)29-27-13-16-5-10-21(22(11-16)32-2)33-14-17-6-7-18(25)12-20(17)26/h3-13H,14H2,1-2H3,(H,28,30)(H,29,31)/b27-13-. The van der Waals surface area contributed by atoms with Gasteiger partial charge in [0.05, 0.1) is 13.3 Å². The number of aryl methyl sites for hydroxylation is 1. The Hall–Kier alpha value is -3.55. The summed E-state index contributed by atoms with van der Waals surface area (Å²) in [6, 6.07) is 17.4. The molecule has 0 spiro atoms. The summed E-state index contributed by atoms with van der Waals surface area (Å²) < 4.78 is 11.2. The van der Waals surface area contributed by atoms with Gasteiger partial charge in [-0.15, -0.1) is 0 Å². The Bertz CT molecular complexity index is 1180. The van der Waals surface area contributed by atoms with E-state index in [4.69, 9.17) is 32.7 Å². The summed E-state index contributed by atoms with van der Waals surface area (Å²) in [5.74, 6) is -0.744. The molecular formula is C24H21Cl2N3O4. The van der Waals surface area contributed by atoms with Crippen molar-refractivity contribution in [1.82, 2.24) is 5.43 Å². The molecule has 7 nitrogen and oxygen atoms in total. The molecule has 0 radical (unpaired) electrons. The zero-order chi connectivity index (χ0) is 23.8. The summed E-state index contributed by atoms with van der Waals surface area (Å²) in [5, 5.41) is 7.38. The molecule has 3 aromatic rings. The fourth-order valence-electron chi connectivity index (χ4n) is 2.72. The first-order valence-corrected chi connectivity index (χ1v) is 10.6. The predicted octanol–water partition coefficient (Wildman–Crippen LogP) is 4.98. The Balaban J connectivity index is 1.57. The van der Waals surface area contributed by atoms with Gasteiger partial charge in [0.2, 0.25) is 0 Å². The lowest BCUT2D eigenvalue weighted by atomic mass is 10.2. The molecule has 170 valence electrons.